The largest absolute Gasteiger partial charge is 0.330 e. The molecule has 2 aromatic heterocycles. The molecule has 9 heteroatoms. The molecule has 1 aromatic carbocycles. The Morgan fingerprint density at radius 1 is 1.00 bits per heavy atom. The Morgan fingerprint density at radius 3 is 2.25 bits per heavy atom. The van der Waals surface area contributed by atoms with Gasteiger partial charge in [-0.05, 0) is 17.7 Å². The molecule has 0 bridgehead atoms. The van der Waals surface area contributed by atoms with Crippen molar-refractivity contribution in [3.8, 4) is 0 Å². The van der Waals surface area contributed by atoms with Crippen LogP contribution in [0, 0.1) is 0 Å². The Balaban J connectivity index is 2.20. The number of aryl methyl sites for hydroxylation is 1. The Labute approximate surface area is 162 Å². The minimum absolute atomic E-state index is 0.475. The van der Waals surface area contributed by atoms with Crippen molar-refractivity contribution in [1.29, 1.82) is 0 Å². The van der Waals surface area contributed by atoms with Gasteiger partial charge in [0.1, 0.15) is 0 Å². The fourth-order valence-corrected chi connectivity index (χ4v) is 4.45. The number of benzene rings is 1. The summed E-state index contributed by atoms with van der Waals surface area (Å²) < 4.78 is 29.6. The van der Waals surface area contributed by atoms with E-state index >= 15 is 0 Å². The second kappa shape index (κ2) is 7.53. The van der Waals surface area contributed by atoms with Gasteiger partial charge in [0.25, 0.3) is 15.6 Å². The smallest absolute Gasteiger partial charge is 0.302 e. The van der Waals surface area contributed by atoms with Gasteiger partial charge in [0, 0.05) is 33.5 Å². The average Bonchev–Trinajstić information content (AvgIpc) is 2.70. The summed E-state index contributed by atoms with van der Waals surface area (Å²) in [5, 5.41) is 0. The molecule has 0 N–H and O–H groups in total. The molecule has 3 aromatic rings. The number of rotatable bonds is 5. The highest BCUT2D eigenvalue weighted by molar-refractivity contribution is 7.89. The van der Waals surface area contributed by atoms with Crippen LogP contribution in [-0.2, 0) is 24.1 Å². The number of aromatic nitrogens is 3. The van der Waals surface area contributed by atoms with Crippen molar-refractivity contribution in [2.45, 2.75) is 10.9 Å². The summed E-state index contributed by atoms with van der Waals surface area (Å²) in [6.07, 6.45) is 2.63. The minimum Gasteiger partial charge on any atom is -0.302 e. The molecular weight excluding hydrogens is 380 g/mol. The van der Waals surface area contributed by atoms with E-state index in [0.29, 0.717) is 11.3 Å². The molecule has 1 atom stereocenters. The number of hydrogen-bond donors (Lipinski definition) is 0. The summed E-state index contributed by atoms with van der Waals surface area (Å²) in [7, 11) is -0.187. The van der Waals surface area contributed by atoms with Gasteiger partial charge in [-0.2, -0.15) is 4.31 Å². The van der Waals surface area contributed by atoms with Gasteiger partial charge in [-0.1, -0.05) is 36.4 Å². The molecule has 0 amide bonds. The molecular formula is C19H20N4O4S. The predicted molar refractivity (Wildman–Crippen MR) is 104 cm³/mol. The molecule has 146 valence electrons. The molecule has 28 heavy (non-hydrogen) atoms. The molecule has 2 heterocycles. The van der Waals surface area contributed by atoms with Crippen molar-refractivity contribution in [2.75, 3.05) is 7.05 Å². The maximum atomic E-state index is 13.3. The first kappa shape index (κ1) is 19.7. The van der Waals surface area contributed by atoms with E-state index in [1.807, 2.05) is 6.07 Å². The number of sulfonamides is 1. The van der Waals surface area contributed by atoms with Gasteiger partial charge in [0.15, 0.2) is 4.90 Å². The zero-order valence-corrected chi connectivity index (χ0v) is 16.5. The number of hydrogen-bond acceptors (Lipinski definition) is 5. The fourth-order valence-electron chi connectivity index (χ4n) is 2.99. The summed E-state index contributed by atoms with van der Waals surface area (Å²) in [6, 6.07) is 13.5. The number of nitrogens with zero attached hydrogens (tertiary/aromatic N) is 4. The van der Waals surface area contributed by atoms with Crippen LogP contribution in [0.3, 0.4) is 0 Å². The van der Waals surface area contributed by atoms with E-state index in [1.54, 1.807) is 48.7 Å². The molecule has 0 spiro atoms. The van der Waals surface area contributed by atoms with Gasteiger partial charge < -0.3 is 4.57 Å². The van der Waals surface area contributed by atoms with E-state index in [2.05, 4.69) is 4.98 Å². The lowest BCUT2D eigenvalue weighted by atomic mass is 10.0. The molecule has 0 aliphatic heterocycles. The van der Waals surface area contributed by atoms with Crippen LogP contribution in [-0.4, -0.2) is 33.9 Å². The molecule has 0 aliphatic rings. The first-order valence-electron chi connectivity index (χ1n) is 8.45. The van der Waals surface area contributed by atoms with Crippen molar-refractivity contribution in [3.05, 3.63) is 93.0 Å². The van der Waals surface area contributed by atoms with Crippen molar-refractivity contribution >= 4 is 10.0 Å². The summed E-state index contributed by atoms with van der Waals surface area (Å²) in [4.78, 5) is 28.3. The van der Waals surface area contributed by atoms with E-state index in [9.17, 15) is 18.0 Å². The van der Waals surface area contributed by atoms with Gasteiger partial charge in [0.05, 0.1) is 11.7 Å². The first-order valence-corrected chi connectivity index (χ1v) is 9.89. The van der Waals surface area contributed by atoms with E-state index in [4.69, 9.17) is 0 Å². The second-order valence-electron chi connectivity index (χ2n) is 6.34. The lowest BCUT2D eigenvalue weighted by Crippen LogP contribution is -2.42. The highest BCUT2D eigenvalue weighted by atomic mass is 32.2. The van der Waals surface area contributed by atoms with Crippen LogP contribution < -0.4 is 11.2 Å². The maximum Gasteiger partial charge on any atom is 0.330 e. The lowest BCUT2D eigenvalue weighted by Gasteiger charge is -2.27. The van der Waals surface area contributed by atoms with Crippen molar-refractivity contribution in [1.82, 2.24) is 18.4 Å². The van der Waals surface area contributed by atoms with Gasteiger partial charge in [0.2, 0.25) is 0 Å². The second-order valence-corrected chi connectivity index (χ2v) is 8.31. The van der Waals surface area contributed by atoms with Crippen molar-refractivity contribution in [3.63, 3.8) is 0 Å². The van der Waals surface area contributed by atoms with Crippen LogP contribution in [0.25, 0.3) is 0 Å². The Kier molecular flexibility index (Phi) is 5.30. The van der Waals surface area contributed by atoms with Gasteiger partial charge in [-0.3, -0.25) is 14.3 Å². The van der Waals surface area contributed by atoms with Crippen LogP contribution in [0.2, 0.25) is 0 Å². The summed E-state index contributed by atoms with van der Waals surface area (Å²) >= 11 is 0. The summed E-state index contributed by atoms with van der Waals surface area (Å²) in [5.41, 5.74) is -0.256. The molecule has 0 aliphatic carbocycles. The van der Waals surface area contributed by atoms with Crippen LogP contribution in [0.4, 0.5) is 0 Å². The molecule has 0 fully saturated rings. The molecule has 3 rings (SSSR count). The quantitative estimate of drug-likeness (QED) is 0.634. The summed E-state index contributed by atoms with van der Waals surface area (Å²) in [5.74, 6) is 0. The van der Waals surface area contributed by atoms with E-state index < -0.39 is 32.2 Å². The van der Waals surface area contributed by atoms with Crippen LogP contribution in [0.15, 0.2) is 75.4 Å². The third-order valence-electron chi connectivity index (χ3n) is 4.52. The lowest BCUT2D eigenvalue weighted by molar-refractivity contribution is 0.409. The van der Waals surface area contributed by atoms with Gasteiger partial charge >= 0.3 is 5.69 Å². The minimum atomic E-state index is -4.23. The van der Waals surface area contributed by atoms with Crippen molar-refractivity contribution < 1.29 is 8.42 Å². The summed E-state index contributed by atoms with van der Waals surface area (Å²) in [6.45, 7) is 0. The SMILES string of the molecule is CN([C@@H](c1ccccc1)c1ccccn1)S(=O)(=O)c1cn(C)c(=O)n(C)c1=O. The molecule has 0 saturated carbocycles. The Hall–Kier alpha value is -3.04. The van der Waals surface area contributed by atoms with Gasteiger partial charge in [-0.15, -0.1) is 0 Å². The third kappa shape index (κ3) is 3.41. The van der Waals surface area contributed by atoms with Crippen LogP contribution in [0.5, 0.6) is 0 Å². The van der Waals surface area contributed by atoms with Crippen LogP contribution in [0.1, 0.15) is 17.3 Å². The third-order valence-corrected chi connectivity index (χ3v) is 6.32. The molecule has 0 saturated heterocycles. The van der Waals surface area contributed by atoms with E-state index in [1.165, 1.54) is 21.1 Å². The highest BCUT2D eigenvalue weighted by Gasteiger charge is 2.33. The average molecular weight is 400 g/mol. The van der Waals surface area contributed by atoms with Gasteiger partial charge in [-0.25, -0.2) is 13.2 Å². The normalized spacial score (nSPS) is 12.9. The molecule has 8 nitrogen and oxygen atoms in total. The monoisotopic (exact) mass is 400 g/mol. The Morgan fingerprint density at radius 2 is 1.64 bits per heavy atom. The molecule has 0 unspecified atom stereocenters. The van der Waals surface area contributed by atoms with E-state index in [0.717, 1.165) is 19.6 Å². The number of pyridine rings is 1. The fraction of sp³-hybridized carbons (Fsp3) is 0.211. The van der Waals surface area contributed by atoms with Crippen LogP contribution >= 0.6 is 0 Å². The zero-order valence-electron chi connectivity index (χ0n) is 15.7. The van der Waals surface area contributed by atoms with E-state index in [-0.39, 0.29) is 0 Å². The van der Waals surface area contributed by atoms with Crippen molar-refractivity contribution in [2.24, 2.45) is 14.1 Å². The zero-order chi connectivity index (χ0) is 20.5. The Bertz CT molecular complexity index is 1160. The predicted octanol–water partition coefficient (Wildman–Crippen LogP) is 0.889. The highest BCUT2D eigenvalue weighted by Crippen LogP contribution is 2.29. The molecule has 0 radical (unpaired) electrons. The standard InChI is InChI=1S/C19H20N4O4S/c1-21-13-16(18(24)22(2)19(21)25)28(26,27)23(3)17(14-9-5-4-6-10-14)15-11-7-8-12-20-15/h4-13,17H,1-3H3/t17-/m0/s1. The maximum absolute atomic E-state index is 13.3. The first-order chi connectivity index (χ1) is 13.2. The topological polar surface area (TPSA) is 94.3 Å².